The average molecular weight is 328 g/mol. The van der Waals surface area contributed by atoms with Crippen LogP contribution in [0.1, 0.15) is 62.5 Å². The van der Waals surface area contributed by atoms with Crippen molar-refractivity contribution in [2.24, 2.45) is 5.41 Å². The number of rotatable bonds is 4. The van der Waals surface area contributed by atoms with E-state index in [9.17, 15) is 9.59 Å². The van der Waals surface area contributed by atoms with Crippen LogP contribution in [0.25, 0.3) is 0 Å². The molecule has 0 radical (unpaired) electrons. The molecule has 2 aliphatic carbocycles. The van der Waals surface area contributed by atoms with Crippen LogP contribution in [0.3, 0.4) is 0 Å². The van der Waals surface area contributed by atoms with Crippen LogP contribution >= 0.6 is 0 Å². The van der Waals surface area contributed by atoms with Crippen molar-refractivity contribution in [3.63, 3.8) is 0 Å². The summed E-state index contributed by atoms with van der Waals surface area (Å²) in [6.07, 6.45) is 8.25. The molecule has 0 unspecified atom stereocenters. The van der Waals surface area contributed by atoms with Crippen LogP contribution in [0.15, 0.2) is 18.2 Å². The Hall–Kier alpha value is -1.84. The third-order valence-electron chi connectivity index (χ3n) is 5.57. The van der Waals surface area contributed by atoms with Gasteiger partial charge in [0.2, 0.25) is 11.8 Å². The lowest BCUT2D eigenvalue weighted by Gasteiger charge is -2.21. The maximum absolute atomic E-state index is 12.7. The molecule has 2 fully saturated rings. The van der Waals surface area contributed by atoms with Crippen molar-refractivity contribution in [3.05, 3.63) is 29.3 Å². The summed E-state index contributed by atoms with van der Waals surface area (Å²) in [6, 6.07) is 6.11. The van der Waals surface area contributed by atoms with Gasteiger partial charge in [-0.25, -0.2) is 0 Å². The molecule has 0 aromatic heterocycles. The van der Waals surface area contributed by atoms with Crippen molar-refractivity contribution >= 4 is 17.5 Å². The summed E-state index contributed by atoms with van der Waals surface area (Å²) in [4.78, 5) is 25.4. The number of benzene rings is 1. The van der Waals surface area contributed by atoms with Crippen molar-refractivity contribution < 1.29 is 9.59 Å². The number of nitrogens with one attached hydrogen (secondary N) is 2. The molecule has 4 heteroatoms. The minimum Gasteiger partial charge on any atom is -0.352 e. The van der Waals surface area contributed by atoms with Crippen LogP contribution in [0.4, 0.5) is 5.69 Å². The SMILES string of the molecule is Cc1ccc(NC(=O)C2(C(=O)NC3CCCCCC3)CC2)cc1C. The lowest BCUT2D eigenvalue weighted by Crippen LogP contribution is -2.44. The highest BCUT2D eigenvalue weighted by Gasteiger charge is 2.56. The molecule has 24 heavy (non-hydrogen) atoms. The van der Waals surface area contributed by atoms with E-state index in [1.807, 2.05) is 32.0 Å². The Bertz CT molecular complexity index is 627. The predicted octanol–water partition coefficient (Wildman–Crippen LogP) is 3.86. The van der Waals surface area contributed by atoms with Crippen molar-refractivity contribution in [1.29, 1.82) is 0 Å². The van der Waals surface area contributed by atoms with Gasteiger partial charge in [-0.2, -0.15) is 0 Å². The number of amides is 2. The van der Waals surface area contributed by atoms with Crippen molar-refractivity contribution in [1.82, 2.24) is 5.32 Å². The van der Waals surface area contributed by atoms with E-state index >= 15 is 0 Å². The molecule has 130 valence electrons. The fraction of sp³-hybridized carbons (Fsp3) is 0.600. The second-order valence-electron chi connectivity index (χ2n) is 7.50. The highest BCUT2D eigenvalue weighted by Crippen LogP contribution is 2.47. The van der Waals surface area contributed by atoms with Gasteiger partial charge >= 0.3 is 0 Å². The number of carbonyl (C=O) groups excluding carboxylic acids is 2. The molecule has 0 spiro atoms. The molecular formula is C20H28N2O2. The van der Waals surface area contributed by atoms with E-state index in [1.165, 1.54) is 31.2 Å². The Balaban J connectivity index is 1.62. The van der Waals surface area contributed by atoms with Crippen LogP contribution in [0, 0.1) is 19.3 Å². The lowest BCUT2D eigenvalue weighted by molar-refractivity contribution is -0.134. The summed E-state index contributed by atoms with van der Waals surface area (Å²) in [5.41, 5.74) is 2.27. The first-order valence-corrected chi connectivity index (χ1v) is 9.21. The second-order valence-corrected chi connectivity index (χ2v) is 7.50. The summed E-state index contributed by atoms with van der Waals surface area (Å²) in [5, 5.41) is 6.09. The van der Waals surface area contributed by atoms with Gasteiger partial charge in [-0.3, -0.25) is 9.59 Å². The van der Waals surface area contributed by atoms with Crippen LogP contribution in [0.5, 0.6) is 0 Å². The van der Waals surface area contributed by atoms with Crippen molar-refractivity contribution in [2.45, 2.75) is 71.3 Å². The smallest absolute Gasteiger partial charge is 0.240 e. The van der Waals surface area contributed by atoms with Crippen LogP contribution in [0.2, 0.25) is 0 Å². The van der Waals surface area contributed by atoms with E-state index in [0.29, 0.717) is 12.8 Å². The van der Waals surface area contributed by atoms with Crippen LogP contribution < -0.4 is 10.6 Å². The van der Waals surface area contributed by atoms with Gasteiger partial charge in [0.05, 0.1) is 0 Å². The second kappa shape index (κ2) is 6.96. The third-order valence-corrected chi connectivity index (χ3v) is 5.57. The fourth-order valence-electron chi connectivity index (χ4n) is 3.50. The zero-order valence-electron chi connectivity index (χ0n) is 14.8. The molecule has 2 aliphatic rings. The van der Waals surface area contributed by atoms with Gasteiger partial charge in [-0.1, -0.05) is 31.7 Å². The van der Waals surface area contributed by atoms with E-state index in [0.717, 1.165) is 24.1 Å². The molecule has 1 aromatic rings. The van der Waals surface area contributed by atoms with Crippen molar-refractivity contribution in [3.8, 4) is 0 Å². The maximum atomic E-state index is 12.7. The van der Waals surface area contributed by atoms with E-state index in [-0.39, 0.29) is 17.9 Å². The van der Waals surface area contributed by atoms with E-state index < -0.39 is 5.41 Å². The van der Waals surface area contributed by atoms with E-state index in [1.54, 1.807) is 0 Å². The van der Waals surface area contributed by atoms with E-state index in [4.69, 9.17) is 0 Å². The Labute approximate surface area is 144 Å². The van der Waals surface area contributed by atoms with Gasteiger partial charge in [0.1, 0.15) is 5.41 Å². The fourth-order valence-corrected chi connectivity index (χ4v) is 3.50. The molecule has 2 amide bonds. The molecule has 0 atom stereocenters. The summed E-state index contributed by atoms with van der Waals surface area (Å²) in [5.74, 6) is -0.229. The molecule has 4 nitrogen and oxygen atoms in total. The van der Waals surface area contributed by atoms with E-state index in [2.05, 4.69) is 10.6 Å². The molecule has 0 saturated heterocycles. The van der Waals surface area contributed by atoms with Gasteiger partial charge in [-0.05, 0) is 62.8 Å². The van der Waals surface area contributed by atoms with Crippen molar-refractivity contribution in [2.75, 3.05) is 5.32 Å². The molecule has 1 aromatic carbocycles. The Morgan fingerprint density at radius 1 is 0.958 bits per heavy atom. The third kappa shape index (κ3) is 3.63. The highest BCUT2D eigenvalue weighted by atomic mass is 16.2. The summed E-state index contributed by atoms with van der Waals surface area (Å²) >= 11 is 0. The monoisotopic (exact) mass is 328 g/mol. The summed E-state index contributed by atoms with van der Waals surface area (Å²) in [6.45, 7) is 4.07. The Morgan fingerprint density at radius 3 is 2.21 bits per heavy atom. The number of carbonyl (C=O) groups is 2. The quantitative estimate of drug-likeness (QED) is 0.651. The maximum Gasteiger partial charge on any atom is 0.240 e. The average Bonchev–Trinajstić information content (AvgIpc) is 3.36. The Morgan fingerprint density at radius 2 is 1.62 bits per heavy atom. The van der Waals surface area contributed by atoms with Gasteiger partial charge in [-0.15, -0.1) is 0 Å². The summed E-state index contributed by atoms with van der Waals surface area (Å²) < 4.78 is 0. The minimum atomic E-state index is -0.842. The molecule has 0 aliphatic heterocycles. The van der Waals surface area contributed by atoms with Gasteiger partial charge < -0.3 is 10.6 Å². The molecule has 2 saturated carbocycles. The topological polar surface area (TPSA) is 58.2 Å². The lowest BCUT2D eigenvalue weighted by atomic mass is 10.0. The molecular weight excluding hydrogens is 300 g/mol. The largest absolute Gasteiger partial charge is 0.352 e. The first-order chi connectivity index (χ1) is 11.5. The highest BCUT2D eigenvalue weighted by molar-refractivity contribution is 6.13. The summed E-state index contributed by atoms with van der Waals surface area (Å²) in [7, 11) is 0. The standard InChI is InChI=1S/C20H28N2O2/c1-14-9-10-17(13-15(14)2)22-19(24)20(11-12-20)18(23)21-16-7-5-3-4-6-8-16/h9-10,13,16H,3-8,11-12H2,1-2H3,(H,21,23)(H,22,24). The number of hydrogen-bond donors (Lipinski definition) is 2. The molecule has 0 bridgehead atoms. The normalized spacial score (nSPS) is 20.1. The zero-order chi connectivity index (χ0) is 17.2. The number of hydrogen-bond acceptors (Lipinski definition) is 2. The zero-order valence-corrected chi connectivity index (χ0v) is 14.8. The van der Waals surface area contributed by atoms with Crippen LogP contribution in [-0.4, -0.2) is 17.9 Å². The van der Waals surface area contributed by atoms with Gasteiger partial charge in [0, 0.05) is 11.7 Å². The predicted molar refractivity (Wildman–Crippen MR) is 95.8 cm³/mol. The number of anilines is 1. The number of aryl methyl sites for hydroxylation is 2. The molecule has 2 N–H and O–H groups in total. The first kappa shape index (κ1) is 17.0. The first-order valence-electron chi connectivity index (χ1n) is 9.21. The van der Waals surface area contributed by atoms with Gasteiger partial charge in [0.25, 0.3) is 0 Å². The molecule has 0 heterocycles. The van der Waals surface area contributed by atoms with Crippen LogP contribution in [-0.2, 0) is 9.59 Å². The minimum absolute atomic E-state index is 0.0734. The molecule has 3 rings (SSSR count). The van der Waals surface area contributed by atoms with Gasteiger partial charge in [0.15, 0.2) is 0 Å². The Kier molecular flexibility index (Phi) is 4.93.